The summed E-state index contributed by atoms with van der Waals surface area (Å²) < 4.78 is 6.14. The van der Waals surface area contributed by atoms with Crippen molar-refractivity contribution in [2.24, 2.45) is 17.6 Å². The van der Waals surface area contributed by atoms with E-state index in [4.69, 9.17) is 15.6 Å². The highest BCUT2D eigenvalue weighted by atomic mass is 16.5. The van der Waals surface area contributed by atoms with Gasteiger partial charge in [0, 0.05) is 17.9 Å². The largest absolute Gasteiger partial charge is 0.493 e. The number of unbranched alkanes of at least 4 members (excludes halogenated alkanes) is 3. The topological polar surface area (TPSA) is 130 Å². The molecular weight excluding hydrogens is 520 g/mol. The number of carboxylic acids is 2. The number of piperidine rings is 1. The number of ether oxygens (including phenoxy) is 1. The van der Waals surface area contributed by atoms with E-state index in [1.54, 1.807) is 12.1 Å². The molecule has 0 radical (unpaired) electrons. The van der Waals surface area contributed by atoms with Crippen LogP contribution in [0.3, 0.4) is 0 Å². The third-order valence-corrected chi connectivity index (χ3v) is 7.75. The summed E-state index contributed by atoms with van der Waals surface area (Å²) in [4.78, 5) is 35.9. The monoisotopic (exact) mass is 564 g/mol. The molecule has 1 heterocycles. The van der Waals surface area contributed by atoms with Crippen molar-refractivity contribution in [2.75, 3.05) is 26.2 Å². The summed E-state index contributed by atoms with van der Waals surface area (Å²) in [6.45, 7) is 3.57. The molecule has 0 spiro atoms. The molecule has 0 aliphatic carbocycles. The molecule has 0 saturated carbocycles. The number of carbonyl (C=O) groups is 3. The van der Waals surface area contributed by atoms with Gasteiger partial charge in [-0.05, 0) is 101 Å². The van der Waals surface area contributed by atoms with Gasteiger partial charge in [-0.1, -0.05) is 48.9 Å². The predicted octanol–water partition coefficient (Wildman–Crippen LogP) is 5.65. The van der Waals surface area contributed by atoms with E-state index in [0.717, 1.165) is 87.9 Å². The Kier molecular flexibility index (Phi) is 13.4. The molecule has 1 unspecified atom stereocenters. The van der Waals surface area contributed by atoms with Gasteiger partial charge in [-0.3, -0.25) is 9.59 Å². The van der Waals surface area contributed by atoms with Gasteiger partial charge in [0.15, 0.2) is 0 Å². The standard InChI is InChI=1S/C33H44N2O6/c34-32(38)28-18-21-35(22-19-28)20-6-1-7-23-41-30-10-4-3-9-27(30)15-12-25(8-2-5-11-31(36)37)24-26-13-16-29(17-14-26)33(39)40/h3-4,9-10,12-17,25,28H,1-2,5-8,11,18-24H2,(H2,34,38)(H,36,37)(H,39,40). The number of nitrogens with two attached hydrogens (primary N) is 1. The van der Waals surface area contributed by atoms with E-state index in [9.17, 15) is 19.5 Å². The number of benzene rings is 2. The summed E-state index contributed by atoms with van der Waals surface area (Å²) in [6, 6.07) is 14.9. The zero-order valence-electron chi connectivity index (χ0n) is 23.9. The summed E-state index contributed by atoms with van der Waals surface area (Å²) in [7, 11) is 0. The molecule has 41 heavy (non-hydrogen) atoms. The van der Waals surface area contributed by atoms with Crippen LogP contribution in [-0.4, -0.2) is 59.2 Å². The first-order valence-electron chi connectivity index (χ1n) is 14.8. The van der Waals surface area contributed by atoms with Gasteiger partial charge in [0.05, 0.1) is 12.2 Å². The number of carbonyl (C=O) groups excluding carboxylic acids is 1. The van der Waals surface area contributed by atoms with Gasteiger partial charge in [-0.2, -0.15) is 0 Å². The van der Waals surface area contributed by atoms with Gasteiger partial charge in [-0.25, -0.2) is 4.79 Å². The van der Waals surface area contributed by atoms with Gasteiger partial charge < -0.3 is 25.6 Å². The van der Waals surface area contributed by atoms with Crippen LogP contribution in [0.25, 0.3) is 6.08 Å². The first kappa shape index (κ1) is 31.9. The number of para-hydroxylation sites is 1. The van der Waals surface area contributed by atoms with Crippen LogP contribution in [0.1, 0.15) is 79.3 Å². The second-order valence-electron chi connectivity index (χ2n) is 10.9. The van der Waals surface area contributed by atoms with Crippen molar-refractivity contribution >= 4 is 23.9 Å². The quantitative estimate of drug-likeness (QED) is 0.200. The highest BCUT2D eigenvalue weighted by molar-refractivity contribution is 5.87. The lowest BCUT2D eigenvalue weighted by molar-refractivity contribution is -0.137. The minimum Gasteiger partial charge on any atom is -0.493 e. The lowest BCUT2D eigenvalue weighted by atomic mass is 9.92. The number of aliphatic carboxylic acids is 1. The normalized spacial score (nSPS) is 15.1. The molecule has 1 aliphatic heterocycles. The van der Waals surface area contributed by atoms with Crippen LogP contribution < -0.4 is 10.5 Å². The van der Waals surface area contributed by atoms with Crippen LogP contribution in [0.5, 0.6) is 5.75 Å². The van der Waals surface area contributed by atoms with Crippen molar-refractivity contribution < 1.29 is 29.3 Å². The van der Waals surface area contributed by atoms with Gasteiger partial charge in [-0.15, -0.1) is 0 Å². The van der Waals surface area contributed by atoms with E-state index in [-0.39, 0.29) is 29.7 Å². The van der Waals surface area contributed by atoms with E-state index < -0.39 is 11.9 Å². The molecule has 1 atom stereocenters. The molecule has 1 saturated heterocycles. The summed E-state index contributed by atoms with van der Waals surface area (Å²) in [5.74, 6) is -0.840. The molecule has 0 aromatic heterocycles. The first-order valence-corrected chi connectivity index (χ1v) is 14.8. The Labute approximate surface area is 243 Å². The summed E-state index contributed by atoms with van der Waals surface area (Å²) in [5, 5.41) is 18.2. The second-order valence-corrected chi connectivity index (χ2v) is 10.9. The Morgan fingerprint density at radius 1 is 0.951 bits per heavy atom. The van der Waals surface area contributed by atoms with Crippen LogP contribution in [0.4, 0.5) is 0 Å². The molecule has 4 N–H and O–H groups in total. The maximum atomic E-state index is 11.3. The highest BCUT2D eigenvalue weighted by Gasteiger charge is 2.22. The Morgan fingerprint density at radius 2 is 1.68 bits per heavy atom. The molecule has 1 fully saturated rings. The third-order valence-electron chi connectivity index (χ3n) is 7.75. The second kappa shape index (κ2) is 17.2. The maximum Gasteiger partial charge on any atom is 0.335 e. The van der Waals surface area contributed by atoms with Crippen LogP contribution in [0.15, 0.2) is 54.6 Å². The van der Waals surface area contributed by atoms with Crippen LogP contribution in [0, 0.1) is 11.8 Å². The molecule has 222 valence electrons. The lowest BCUT2D eigenvalue weighted by Gasteiger charge is -2.30. The molecule has 2 aromatic rings. The highest BCUT2D eigenvalue weighted by Crippen LogP contribution is 2.24. The Bertz CT molecular complexity index is 1140. The Morgan fingerprint density at radius 3 is 2.37 bits per heavy atom. The molecular formula is C33H44N2O6. The van der Waals surface area contributed by atoms with Gasteiger partial charge >= 0.3 is 11.9 Å². The Hall–Kier alpha value is -3.65. The molecule has 2 aromatic carbocycles. The molecule has 1 aliphatic rings. The number of rotatable bonds is 18. The van der Waals surface area contributed by atoms with Crippen molar-refractivity contribution in [1.29, 1.82) is 0 Å². The number of primary amides is 1. The van der Waals surface area contributed by atoms with E-state index in [1.165, 1.54) is 0 Å². The fourth-order valence-electron chi connectivity index (χ4n) is 5.26. The SMILES string of the molecule is NC(=O)C1CCN(CCCCCOc2ccccc2C=CC(CCCCC(=O)O)Cc2ccc(C(=O)O)cc2)CC1. The first-order chi connectivity index (χ1) is 19.8. The fourth-order valence-corrected chi connectivity index (χ4v) is 5.26. The number of nitrogens with zero attached hydrogens (tertiary/aromatic N) is 1. The van der Waals surface area contributed by atoms with Crippen molar-refractivity contribution in [1.82, 2.24) is 4.90 Å². The zero-order chi connectivity index (χ0) is 29.5. The van der Waals surface area contributed by atoms with Crippen molar-refractivity contribution in [3.63, 3.8) is 0 Å². The van der Waals surface area contributed by atoms with E-state index in [1.807, 2.05) is 36.4 Å². The zero-order valence-corrected chi connectivity index (χ0v) is 23.9. The summed E-state index contributed by atoms with van der Waals surface area (Å²) >= 11 is 0. The maximum absolute atomic E-state index is 11.3. The van der Waals surface area contributed by atoms with E-state index in [0.29, 0.717) is 13.0 Å². The number of hydrogen-bond donors (Lipinski definition) is 3. The van der Waals surface area contributed by atoms with Gasteiger partial charge in [0.25, 0.3) is 0 Å². The average molecular weight is 565 g/mol. The minimum absolute atomic E-state index is 0.0337. The molecule has 8 nitrogen and oxygen atoms in total. The minimum atomic E-state index is -0.944. The summed E-state index contributed by atoms with van der Waals surface area (Å²) in [6.07, 6.45) is 12.3. The van der Waals surface area contributed by atoms with Gasteiger partial charge in [0.1, 0.15) is 5.75 Å². The van der Waals surface area contributed by atoms with Crippen LogP contribution in [-0.2, 0) is 16.0 Å². The number of aromatic carboxylic acids is 1. The third kappa shape index (κ3) is 11.8. The van der Waals surface area contributed by atoms with Crippen molar-refractivity contribution in [3.8, 4) is 5.75 Å². The molecule has 0 bridgehead atoms. The number of amides is 1. The lowest BCUT2D eigenvalue weighted by Crippen LogP contribution is -2.38. The van der Waals surface area contributed by atoms with E-state index >= 15 is 0 Å². The van der Waals surface area contributed by atoms with E-state index in [2.05, 4.69) is 17.1 Å². The Balaban J connectivity index is 1.49. The number of allylic oxidation sites excluding steroid dienone is 1. The molecule has 1 amide bonds. The fraction of sp³-hybridized carbons (Fsp3) is 0.485. The number of hydrogen-bond acceptors (Lipinski definition) is 5. The number of likely N-dealkylation sites (tertiary alicyclic amines) is 1. The predicted molar refractivity (Wildman–Crippen MR) is 160 cm³/mol. The van der Waals surface area contributed by atoms with Crippen molar-refractivity contribution in [2.45, 2.75) is 64.2 Å². The smallest absolute Gasteiger partial charge is 0.335 e. The average Bonchev–Trinajstić information content (AvgIpc) is 2.96. The van der Waals surface area contributed by atoms with Crippen molar-refractivity contribution in [3.05, 3.63) is 71.3 Å². The van der Waals surface area contributed by atoms with Crippen LogP contribution in [0.2, 0.25) is 0 Å². The van der Waals surface area contributed by atoms with Gasteiger partial charge in [0.2, 0.25) is 5.91 Å². The number of carboxylic acid groups (broad SMARTS) is 2. The molecule has 8 heteroatoms. The van der Waals surface area contributed by atoms with Crippen LogP contribution >= 0.6 is 0 Å². The molecule has 3 rings (SSSR count). The summed E-state index contributed by atoms with van der Waals surface area (Å²) in [5.41, 5.74) is 7.74.